The SMILES string of the molecule is CC1CCCC2(N=C(N)NC2=O)C1C. The lowest BCUT2D eigenvalue weighted by Gasteiger charge is -2.38. The van der Waals surface area contributed by atoms with Crippen molar-refractivity contribution >= 4 is 11.9 Å². The maximum Gasteiger partial charge on any atom is 0.254 e. The van der Waals surface area contributed by atoms with E-state index in [0.717, 1.165) is 12.8 Å². The summed E-state index contributed by atoms with van der Waals surface area (Å²) in [5, 5.41) is 2.62. The highest BCUT2D eigenvalue weighted by Crippen LogP contribution is 2.41. The minimum absolute atomic E-state index is 0.00551. The van der Waals surface area contributed by atoms with Crippen LogP contribution in [0.2, 0.25) is 0 Å². The van der Waals surface area contributed by atoms with E-state index >= 15 is 0 Å². The third-order valence-electron chi connectivity index (χ3n) is 3.78. The van der Waals surface area contributed by atoms with Gasteiger partial charge in [-0.2, -0.15) is 0 Å². The van der Waals surface area contributed by atoms with Crippen LogP contribution in [0.5, 0.6) is 0 Å². The van der Waals surface area contributed by atoms with Crippen molar-refractivity contribution in [3.05, 3.63) is 0 Å². The molecule has 4 nitrogen and oxygen atoms in total. The van der Waals surface area contributed by atoms with E-state index in [1.165, 1.54) is 6.42 Å². The van der Waals surface area contributed by atoms with Crippen LogP contribution in [-0.2, 0) is 4.79 Å². The lowest BCUT2D eigenvalue weighted by molar-refractivity contribution is -0.127. The molecule has 78 valence electrons. The molecule has 0 aromatic rings. The predicted octanol–water partition coefficient (Wildman–Crippen LogP) is 0.626. The molecule has 14 heavy (non-hydrogen) atoms. The second-order valence-corrected chi connectivity index (χ2v) is 4.53. The highest BCUT2D eigenvalue weighted by Gasteiger charge is 2.50. The van der Waals surface area contributed by atoms with E-state index in [9.17, 15) is 4.79 Å². The molecular formula is C10H17N3O. The average molecular weight is 195 g/mol. The Kier molecular flexibility index (Phi) is 2.01. The molecule has 2 aliphatic rings. The molecule has 4 heteroatoms. The van der Waals surface area contributed by atoms with Crippen LogP contribution in [0.4, 0.5) is 0 Å². The quantitative estimate of drug-likeness (QED) is 0.595. The Balaban J connectivity index is 2.34. The highest BCUT2D eigenvalue weighted by atomic mass is 16.2. The normalized spacial score (nSPS) is 42.4. The lowest BCUT2D eigenvalue weighted by Crippen LogP contribution is -2.49. The number of guanidine groups is 1. The summed E-state index contributed by atoms with van der Waals surface area (Å²) in [6, 6.07) is 0. The molecule has 1 saturated carbocycles. The number of nitrogens with two attached hydrogens (primary N) is 1. The number of nitrogens with one attached hydrogen (secondary N) is 1. The summed E-state index contributed by atoms with van der Waals surface area (Å²) < 4.78 is 0. The molecule has 0 aromatic carbocycles. The van der Waals surface area contributed by atoms with Gasteiger partial charge in [-0.3, -0.25) is 10.1 Å². The molecule has 0 radical (unpaired) electrons. The Bertz CT molecular complexity index is 300. The van der Waals surface area contributed by atoms with Gasteiger partial charge in [-0.15, -0.1) is 0 Å². The predicted molar refractivity (Wildman–Crippen MR) is 54.7 cm³/mol. The standard InChI is InChI=1S/C10H17N3O/c1-6-4-3-5-10(7(6)2)8(14)12-9(11)13-10/h6-7H,3-5H2,1-2H3,(H3,11,12,13,14). The maximum absolute atomic E-state index is 11.8. The minimum Gasteiger partial charge on any atom is -0.370 e. The second kappa shape index (κ2) is 2.97. The number of hydrogen-bond acceptors (Lipinski definition) is 3. The van der Waals surface area contributed by atoms with Gasteiger partial charge in [0.15, 0.2) is 5.96 Å². The molecule has 1 heterocycles. The van der Waals surface area contributed by atoms with E-state index in [0.29, 0.717) is 5.92 Å². The lowest BCUT2D eigenvalue weighted by atomic mass is 9.68. The van der Waals surface area contributed by atoms with Crippen LogP contribution in [0.3, 0.4) is 0 Å². The number of carbonyl (C=O) groups is 1. The number of hydrogen-bond donors (Lipinski definition) is 2. The molecule has 1 aliphatic heterocycles. The van der Waals surface area contributed by atoms with Crippen molar-refractivity contribution in [1.82, 2.24) is 5.32 Å². The first-order valence-electron chi connectivity index (χ1n) is 5.23. The molecule has 3 atom stereocenters. The molecule has 1 fully saturated rings. The smallest absolute Gasteiger partial charge is 0.254 e. The van der Waals surface area contributed by atoms with Crippen molar-refractivity contribution in [2.75, 3.05) is 0 Å². The fraction of sp³-hybridized carbons (Fsp3) is 0.800. The van der Waals surface area contributed by atoms with E-state index in [4.69, 9.17) is 5.73 Å². The molecule has 3 unspecified atom stereocenters. The molecule has 3 N–H and O–H groups in total. The van der Waals surface area contributed by atoms with E-state index in [1.807, 2.05) is 0 Å². The number of nitrogens with zero attached hydrogens (tertiary/aromatic N) is 1. The molecule has 0 aromatic heterocycles. The third-order valence-corrected chi connectivity index (χ3v) is 3.78. The molecule has 1 spiro atoms. The van der Waals surface area contributed by atoms with Gasteiger partial charge < -0.3 is 5.73 Å². The second-order valence-electron chi connectivity index (χ2n) is 4.53. The van der Waals surface area contributed by atoms with Crippen molar-refractivity contribution in [3.63, 3.8) is 0 Å². The topological polar surface area (TPSA) is 67.5 Å². The van der Waals surface area contributed by atoms with Gasteiger partial charge in [0.25, 0.3) is 5.91 Å². The van der Waals surface area contributed by atoms with Crippen molar-refractivity contribution < 1.29 is 4.79 Å². The number of rotatable bonds is 0. The number of carbonyl (C=O) groups excluding carboxylic acids is 1. The minimum atomic E-state index is -0.554. The van der Waals surface area contributed by atoms with Gasteiger partial charge in [-0.05, 0) is 18.3 Å². The Labute approximate surface area is 84.0 Å². The highest BCUT2D eigenvalue weighted by molar-refractivity contribution is 6.07. The van der Waals surface area contributed by atoms with Crippen molar-refractivity contribution in [2.45, 2.75) is 38.6 Å². The molecule has 1 aliphatic carbocycles. The van der Waals surface area contributed by atoms with E-state index < -0.39 is 5.54 Å². The summed E-state index contributed by atoms with van der Waals surface area (Å²) in [4.78, 5) is 16.1. The van der Waals surface area contributed by atoms with Crippen molar-refractivity contribution in [3.8, 4) is 0 Å². The molecule has 2 rings (SSSR count). The summed E-state index contributed by atoms with van der Waals surface area (Å²) in [6.45, 7) is 4.29. The van der Waals surface area contributed by atoms with Gasteiger partial charge in [0.1, 0.15) is 5.54 Å². The van der Waals surface area contributed by atoms with Crippen molar-refractivity contribution in [2.24, 2.45) is 22.6 Å². The van der Waals surface area contributed by atoms with E-state index in [2.05, 4.69) is 24.2 Å². The zero-order chi connectivity index (χ0) is 10.3. The van der Waals surface area contributed by atoms with Gasteiger partial charge in [-0.25, -0.2) is 4.99 Å². The summed E-state index contributed by atoms with van der Waals surface area (Å²) in [6.07, 6.45) is 3.09. The first kappa shape index (κ1) is 9.49. The van der Waals surface area contributed by atoms with Crippen LogP contribution in [0.1, 0.15) is 33.1 Å². The Morgan fingerprint density at radius 3 is 2.86 bits per heavy atom. The largest absolute Gasteiger partial charge is 0.370 e. The van der Waals surface area contributed by atoms with Gasteiger partial charge in [0.05, 0.1) is 0 Å². The fourth-order valence-electron chi connectivity index (χ4n) is 2.64. The first-order chi connectivity index (χ1) is 6.56. The molecule has 0 saturated heterocycles. The monoisotopic (exact) mass is 195 g/mol. The zero-order valence-electron chi connectivity index (χ0n) is 8.71. The van der Waals surface area contributed by atoms with Crippen molar-refractivity contribution in [1.29, 1.82) is 0 Å². The third kappa shape index (κ3) is 1.13. The van der Waals surface area contributed by atoms with Crippen LogP contribution in [-0.4, -0.2) is 17.4 Å². The van der Waals surface area contributed by atoms with Gasteiger partial charge in [0, 0.05) is 0 Å². The Morgan fingerprint density at radius 2 is 2.29 bits per heavy atom. The zero-order valence-corrected chi connectivity index (χ0v) is 8.71. The molecule has 1 amide bonds. The Morgan fingerprint density at radius 1 is 1.57 bits per heavy atom. The summed E-state index contributed by atoms with van der Waals surface area (Å²) in [5.74, 6) is 1.12. The summed E-state index contributed by atoms with van der Waals surface area (Å²) in [5.41, 5.74) is 5.00. The molecule has 0 bridgehead atoms. The summed E-state index contributed by atoms with van der Waals surface area (Å²) in [7, 11) is 0. The number of amides is 1. The fourth-order valence-corrected chi connectivity index (χ4v) is 2.64. The van der Waals surface area contributed by atoms with Crippen LogP contribution in [0, 0.1) is 11.8 Å². The van der Waals surface area contributed by atoms with Crippen LogP contribution in [0.15, 0.2) is 4.99 Å². The number of aliphatic imine (C=N–C) groups is 1. The molecular weight excluding hydrogens is 178 g/mol. The van der Waals surface area contributed by atoms with E-state index in [-0.39, 0.29) is 17.8 Å². The summed E-state index contributed by atoms with van der Waals surface area (Å²) >= 11 is 0. The van der Waals surface area contributed by atoms with E-state index in [1.54, 1.807) is 0 Å². The Hall–Kier alpha value is -1.06. The first-order valence-corrected chi connectivity index (χ1v) is 5.23. The van der Waals surface area contributed by atoms with Gasteiger partial charge in [-0.1, -0.05) is 26.7 Å². The van der Waals surface area contributed by atoms with Crippen LogP contribution >= 0.6 is 0 Å². The van der Waals surface area contributed by atoms with Gasteiger partial charge >= 0.3 is 0 Å². The maximum atomic E-state index is 11.8. The average Bonchev–Trinajstić information content (AvgIpc) is 2.39. The van der Waals surface area contributed by atoms with Gasteiger partial charge in [0.2, 0.25) is 0 Å². The van der Waals surface area contributed by atoms with Crippen LogP contribution < -0.4 is 11.1 Å². The van der Waals surface area contributed by atoms with Crippen LogP contribution in [0.25, 0.3) is 0 Å².